The lowest BCUT2D eigenvalue weighted by molar-refractivity contribution is 0.432. The summed E-state index contributed by atoms with van der Waals surface area (Å²) >= 11 is 1.88. The number of benzene rings is 2. The number of rotatable bonds is 2. The summed E-state index contributed by atoms with van der Waals surface area (Å²) in [6.07, 6.45) is 7.50. The quantitative estimate of drug-likeness (QED) is 0.607. The highest BCUT2D eigenvalue weighted by Gasteiger charge is 2.08. The molecule has 0 aliphatic rings. The van der Waals surface area contributed by atoms with Gasteiger partial charge < -0.3 is 0 Å². The van der Waals surface area contributed by atoms with Crippen LogP contribution in [0.5, 0.6) is 0 Å². The molecular weight excluding hydrogens is 284 g/mol. The molecule has 0 radical (unpaired) electrons. The Hall–Kier alpha value is -1.86. The van der Waals surface area contributed by atoms with E-state index >= 15 is 0 Å². The van der Waals surface area contributed by atoms with Crippen LogP contribution in [0.4, 0.5) is 0 Å². The van der Waals surface area contributed by atoms with Gasteiger partial charge in [0.05, 0.1) is 0 Å². The van der Waals surface area contributed by atoms with Gasteiger partial charge in [0.15, 0.2) is 0 Å². The molecule has 1 heterocycles. The molecule has 0 bridgehead atoms. The molecule has 0 fully saturated rings. The van der Waals surface area contributed by atoms with Crippen molar-refractivity contribution >= 4 is 44.3 Å². The Balaban J connectivity index is 2.33. The minimum atomic E-state index is 0.312. The molecular formula is C21H22S. The Bertz CT molecular complexity index is 949. The van der Waals surface area contributed by atoms with E-state index in [1.165, 1.54) is 30.6 Å². The maximum atomic E-state index is 3.89. The van der Waals surface area contributed by atoms with Crippen molar-refractivity contribution in [3.8, 4) is 0 Å². The molecule has 2 aromatic carbocycles. The summed E-state index contributed by atoms with van der Waals surface area (Å²) in [5, 5.41) is 5.26. The second-order valence-corrected chi connectivity index (χ2v) is 8.03. The highest BCUT2D eigenvalue weighted by Crippen LogP contribution is 2.23. The van der Waals surface area contributed by atoms with Gasteiger partial charge in [0.25, 0.3) is 0 Å². The summed E-state index contributed by atoms with van der Waals surface area (Å²) in [5.74, 6) is 0. The van der Waals surface area contributed by atoms with E-state index in [0.29, 0.717) is 5.41 Å². The van der Waals surface area contributed by atoms with Crippen molar-refractivity contribution in [2.75, 3.05) is 0 Å². The summed E-state index contributed by atoms with van der Waals surface area (Å²) in [7, 11) is 0. The van der Waals surface area contributed by atoms with Crippen LogP contribution in [0, 0.1) is 5.41 Å². The van der Waals surface area contributed by atoms with Gasteiger partial charge in [0.2, 0.25) is 0 Å². The third-order valence-electron chi connectivity index (χ3n) is 3.81. The van der Waals surface area contributed by atoms with Gasteiger partial charge >= 0.3 is 0 Å². The van der Waals surface area contributed by atoms with Crippen LogP contribution in [0.25, 0.3) is 33.0 Å². The summed E-state index contributed by atoms with van der Waals surface area (Å²) < 4.78 is 2.71. The van der Waals surface area contributed by atoms with Crippen molar-refractivity contribution in [2.45, 2.75) is 27.2 Å². The van der Waals surface area contributed by atoms with Gasteiger partial charge in [-0.15, -0.1) is 11.3 Å². The van der Waals surface area contributed by atoms with E-state index in [1.807, 2.05) is 17.4 Å². The fourth-order valence-corrected chi connectivity index (χ4v) is 3.82. The predicted molar refractivity (Wildman–Crippen MR) is 102 cm³/mol. The maximum Gasteiger partial charge on any atom is 0.0361 e. The molecule has 0 aliphatic carbocycles. The highest BCUT2D eigenvalue weighted by atomic mass is 32.1. The fraction of sp³-hybridized carbons (Fsp3) is 0.238. The minimum absolute atomic E-state index is 0.312. The van der Waals surface area contributed by atoms with E-state index in [-0.39, 0.29) is 0 Å². The normalized spacial score (nSPS) is 14.1. The van der Waals surface area contributed by atoms with Crippen LogP contribution in [-0.4, -0.2) is 0 Å². The lowest BCUT2D eigenvalue weighted by Crippen LogP contribution is -2.19. The van der Waals surface area contributed by atoms with Crippen LogP contribution in [0.15, 0.2) is 49.1 Å². The maximum absolute atomic E-state index is 3.89. The zero-order valence-corrected chi connectivity index (χ0v) is 14.3. The summed E-state index contributed by atoms with van der Waals surface area (Å²) in [6, 6.07) is 13.2. The average molecular weight is 306 g/mol. The van der Waals surface area contributed by atoms with Gasteiger partial charge in [-0.05, 0) is 40.0 Å². The predicted octanol–water partition coefficient (Wildman–Crippen LogP) is 5.24. The molecule has 0 nitrogen and oxygen atoms in total. The van der Waals surface area contributed by atoms with Crippen molar-refractivity contribution in [2.24, 2.45) is 5.41 Å². The molecule has 1 aromatic heterocycles. The topological polar surface area (TPSA) is 0 Å². The molecule has 0 aliphatic heterocycles. The standard InChI is InChI=1S/C21H22S/c1-5-8-17-18-13-15-9-6-7-10-16(15)14-20(18)22-19(17)11-12-21(2,3)4/h5-11,13-14H,1,12H2,2-4H3/b17-8-,19-11+. The Morgan fingerprint density at radius 1 is 1.09 bits per heavy atom. The van der Waals surface area contributed by atoms with Crippen LogP contribution in [0.1, 0.15) is 27.2 Å². The molecule has 0 unspecified atom stereocenters. The second-order valence-electron chi connectivity index (χ2n) is 6.95. The van der Waals surface area contributed by atoms with E-state index in [9.17, 15) is 0 Å². The van der Waals surface area contributed by atoms with Gasteiger partial charge in [0.1, 0.15) is 0 Å². The molecule has 0 atom stereocenters. The van der Waals surface area contributed by atoms with Crippen molar-refractivity contribution in [1.29, 1.82) is 0 Å². The first-order chi connectivity index (χ1) is 10.5. The molecule has 0 N–H and O–H groups in total. The Morgan fingerprint density at radius 2 is 1.77 bits per heavy atom. The van der Waals surface area contributed by atoms with Gasteiger partial charge in [-0.1, -0.05) is 69.8 Å². The van der Waals surface area contributed by atoms with Crippen molar-refractivity contribution < 1.29 is 0 Å². The Morgan fingerprint density at radius 3 is 2.41 bits per heavy atom. The van der Waals surface area contributed by atoms with Crippen LogP contribution in [-0.2, 0) is 0 Å². The molecule has 0 amide bonds. The largest absolute Gasteiger partial charge is 0.136 e. The first-order valence-electron chi connectivity index (χ1n) is 7.72. The number of allylic oxidation sites excluding steroid dienone is 1. The lowest BCUT2D eigenvalue weighted by Gasteiger charge is -2.14. The summed E-state index contributed by atoms with van der Waals surface area (Å²) in [6.45, 7) is 10.7. The van der Waals surface area contributed by atoms with Crippen LogP contribution in [0.3, 0.4) is 0 Å². The number of fused-ring (bicyclic) bond motifs is 2. The first-order valence-corrected chi connectivity index (χ1v) is 8.54. The van der Waals surface area contributed by atoms with E-state index < -0.39 is 0 Å². The van der Waals surface area contributed by atoms with Gasteiger partial charge in [-0.3, -0.25) is 0 Å². The second kappa shape index (κ2) is 5.73. The fourth-order valence-electron chi connectivity index (χ4n) is 2.66. The summed E-state index contributed by atoms with van der Waals surface area (Å²) in [4.78, 5) is 0. The number of hydrogen-bond acceptors (Lipinski definition) is 1. The van der Waals surface area contributed by atoms with E-state index in [4.69, 9.17) is 0 Å². The van der Waals surface area contributed by atoms with E-state index in [0.717, 1.165) is 6.42 Å². The SMILES string of the molecule is C=C/C=c1\c(=C/CC(C)(C)C)sc2cc3ccccc3cc12. The smallest absolute Gasteiger partial charge is 0.0361 e. The van der Waals surface area contributed by atoms with E-state index in [2.05, 4.69) is 75.9 Å². The lowest BCUT2D eigenvalue weighted by atomic mass is 9.92. The molecule has 112 valence electrons. The zero-order valence-electron chi connectivity index (χ0n) is 13.5. The monoisotopic (exact) mass is 306 g/mol. The average Bonchev–Trinajstić information content (AvgIpc) is 2.80. The van der Waals surface area contributed by atoms with Crippen molar-refractivity contribution in [3.63, 3.8) is 0 Å². The molecule has 0 spiro atoms. The molecule has 3 aromatic rings. The Labute approximate surface area is 136 Å². The van der Waals surface area contributed by atoms with Gasteiger partial charge in [-0.25, -0.2) is 0 Å². The van der Waals surface area contributed by atoms with Crippen molar-refractivity contribution in [1.82, 2.24) is 0 Å². The van der Waals surface area contributed by atoms with Crippen LogP contribution >= 0.6 is 11.3 Å². The third kappa shape index (κ3) is 3.00. The Kier molecular flexibility index (Phi) is 3.92. The molecule has 22 heavy (non-hydrogen) atoms. The third-order valence-corrected chi connectivity index (χ3v) is 4.97. The van der Waals surface area contributed by atoms with Gasteiger partial charge in [-0.2, -0.15) is 0 Å². The molecule has 0 saturated carbocycles. The molecule has 3 rings (SSSR count). The van der Waals surface area contributed by atoms with Crippen LogP contribution in [0.2, 0.25) is 0 Å². The van der Waals surface area contributed by atoms with Crippen LogP contribution < -0.4 is 9.75 Å². The van der Waals surface area contributed by atoms with Gasteiger partial charge in [0, 0.05) is 14.6 Å². The number of hydrogen-bond donors (Lipinski definition) is 0. The minimum Gasteiger partial charge on any atom is -0.136 e. The van der Waals surface area contributed by atoms with Crippen molar-refractivity contribution in [3.05, 3.63) is 58.8 Å². The molecule has 1 heteroatoms. The zero-order chi connectivity index (χ0) is 15.7. The number of thiophene rings is 1. The highest BCUT2D eigenvalue weighted by molar-refractivity contribution is 7.17. The first kappa shape index (κ1) is 15.1. The van der Waals surface area contributed by atoms with E-state index in [1.54, 1.807) is 0 Å². The molecule has 0 saturated heterocycles. The summed E-state index contributed by atoms with van der Waals surface area (Å²) in [5.41, 5.74) is 0.312.